The molecule has 2 unspecified atom stereocenters. The minimum atomic E-state index is -0.996. The summed E-state index contributed by atoms with van der Waals surface area (Å²) in [4.78, 5) is 2.27. The van der Waals surface area contributed by atoms with Gasteiger partial charge >= 0.3 is 0 Å². The Bertz CT molecular complexity index is 669. The molecule has 3 heteroatoms. The van der Waals surface area contributed by atoms with Gasteiger partial charge in [-0.3, -0.25) is 0 Å². The second kappa shape index (κ2) is 4.21. The summed E-state index contributed by atoms with van der Waals surface area (Å²) in [6.07, 6.45) is 1.57. The largest absolute Gasteiger partial charge is 0.461 e. The molecule has 3 nitrogen and oxygen atoms in total. The van der Waals surface area contributed by atoms with Crippen molar-refractivity contribution in [1.82, 2.24) is 4.90 Å². The molecule has 0 amide bonds. The van der Waals surface area contributed by atoms with E-state index in [2.05, 4.69) is 36.2 Å². The van der Waals surface area contributed by atoms with Crippen LogP contribution >= 0.6 is 0 Å². The maximum atomic E-state index is 10.9. The summed E-state index contributed by atoms with van der Waals surface area (Å²) in [5.41, 5.74) is 1.22. The Labute approximate surface area is 118 Å². The lowest BCUT2D eigenvalue weighted by atomic mass is 9.82. The highest BCUT2D eigenvalue weighted by atomic mass is 16.6. The lowest BCUT2D eigenvalue weighted by Crippen LogP contribution is -2.56. The minimum Gasteiger partial charge on any atom is -0.461 e. The molecule has 0 aromatic heterocycles. The molecule has 1 N–H and O–H groups in total. The van der Waals surface area contributed by atoms with Crippen molar-refractivity contribution in [3.05, 3.63) is 42.0 Å². The van der Waals surface area contributed by atoms with Gasteiger partial charge in [0.1, 0.15) is 5.75 Å². The summed E-state index contributed by atoms with van der Waals surface area (Å²) >= 11 is 0. The fraction of sp³-hybridized carbons (Fsp3) is 0.412. The summed E-state index contributed by atoms with van der Waals surface area (Å²) in [6.45, 7) is 1.77. The Kier molecular flexibility index (Phi) is 2.56. The second-order valence-corrected chi connectivity index (χ2v) is 6.14. The van der Waals surface area contributed by atoms with Crippen molar-refractivity contribution in [2.75, 3.05) is 20.1 Å². The third-order valence-corrected chi connectivity index (χ3v) is 4.73. The molecule has 2 heterocycles. The van der Waals surface area contributed by atoms with E-state index in [0.717, 1.165) is 30.6 Å². The van der Waals surface area contributed by atoms with E-state index < -0.39 is 5.79 Å². The quantitative estimate of drug-likeness (QED) is 0.797. The Morgan fingerprint density at radius 1 is 1.25 bits per heavy atom. The molecule has 0 radical (unpaired) electrons. The maximum absolute atomic E-state index is 10.9. The highest BCUT2D eigenvalue weighted by molar-refractivity contribution is 5.89. The number of likely N-dealkylation sites (tertiary alicyclic amines) is 1. The lowest BCUT2D eigenvalue weighted by molar-refractivity contribution is -0.211. The molecule has 20 heavy (non-hydrogen) atoms. The molecule has 0 spiro atoms. The van der Waals surface area contributed by atoms with Crippen molar-refractivity contribution in [2.45, 2.75) is 18.6 Å². The normalized spacial score (nSPS) is 29.6. The lowest BCUT2D eigenvalue weighted by Gasteiger charge is -2.46. The summed E-state index contributed by atoms with van der Waals surface area (Å²) in [5, 5.41) is 13.1. The molecule has 104 valence electrons. The number of benzene rings is 2. The standard InChI is InChI=1S/C17H19NO2/c1-18-9-8-17(19)14(11-18)10-13-7-6-12-4-2-3-5-15(12)16(13)20-17/h2-7,14,19H,8-11H2,1H3. The minimum absolute atomic E-state index is 0.162. The Balaban J connectivity index is 1.84. The highest BCUT2D eigenvalue weighted by Gasteiger charge is 2.46. The van der Waals surface area contributed by atoms with E-state index in [9.17, 15) is 5.11 Å². The summed E-state index contributed by atoms with van der Waals surface area (Å²) in [7, 11) is 2.11. The van der Waals surface area contributed by atoms with Gasteiger partial charge in [-0.25, -0.2) is 0 Å². The van der Waals surface area contributed by atoms with Crippen LogP contribution in [0.4, 0.5) is 0 Å². The molecule has 4 rings (SSSR count). The van der Waals surface area contributed by atoms with Crippen molar-refractivity contribution in [2.24, 2.45) is 5.92 Å². The first-order valence-electron chi connectivity index (χ1n) is 7.26. The van der Waals surface area contributed by atoms with Crippen LogP contribution < -0.4 is 4.74 Å². The molecule has 1 fully saturated rings. The van der Waals surface area contributed by atoms with Crippen molar-refractivity contribution in [3.63, 3.8) is 0 Å². The number of ether oxygens (including phenoxy) is 1. The van der Waals surface area contributed by atoms with Gasteiger partial charge in [-0.15, -0.1) is 0 Å². The number of nitrogens with zero attached hydrogens (tertiary/aromatic N) is 1. The Hall–Kier alpha value is -1.58. The van der Waals surface area contributed by atoms with E-state index in [1.54, 1.807) is 0 Å². The predicted octanol–water partition coefficient (Wildman–Crippen LogP) is 2.42. The van der Waals surface area contributed by atoms with E-state index in [1.807, 2.05) is 12.1 Å². The zero-order valence-electron chi connectivity index (χ0n) is 11.7. The van der Waals surface area contributed by atoms with Gasteiger partial charge in [0.25, 0.3) is 0 Å². The molecule has 2 atom stereocenters. The average Bonchev–Trinajstić information content (AvgIpc) is 2.46. The van der Waals surface area contributed by atoms with Crippen LogP contribution in [0, 0.1) is 5.92 Å². The van der Waals surface area contributed by atoms with Gasteiger partial charge in [-0.05, 0) is 24.4 Å². The van der Waals surface area contributed by atoms with E-state index in [4.69, 9.17) is 4.74 Å². The molecule has 2 aliphatic rings. The van der Waals surface area contributed by atoms with Gasteiger partial charge < -0.3 is 14.7 Å². The van der Waals surface area contributed by atoms with Crippen molar-refractivity contribution in [1.29, 1.82) is 0 Å². The number of fused-ring (bicyclic) bond motifs is 4. The molecular formula is C17H19NO2. The third kappa shape index (κ3) is 1.74. The van der Waals surface area contributed by atoms with Gasteiger partial charge in [-0.1, -0.05) is 36.4 Å². The zero-order valence-corrected chi connectivity index (χ0v) is 11.7. The Morgan fingerprint density at radius 2 is 2.10 bits per heavy atom. The number of rotatable bonds is 0. The molecular weight excluding hydrogens is 250 g/mol. The SMILES string of the molecule is CN1CCC2(O)Oc3c(ccc4ccccc34)CC2C1. The van der Waals surface area contributed by atoms with E-state index in [-0.39, 0.29) is 5.92 Å². The van der Waals surface area contributed by atoms with E-state index in [0.29, 0.717) is 6.42 Å². The number of hydrogen-bond acceptors (Lipinski definition) is 3. The fourth-order valence-corrected chi connectivity index (χ4v) is 3.54. The molecule has 0 saturated carbocycles. The van der Waals surface area contributed by atoms with Crippen molar-refractivity contribution < 1.29 is 9.84 Å². The van der Waals surface area contributed by atoms with Crippen molar-refractivity contribution in [3.8, 4) is 5.75 Å². The van der Waals surface area contributed by atoms with Gasteiger partial charge in [0, 0.05) is 30.8 Å². The van der Waals surface area contributed by atoms with Gasteiger partial charge in [0.15, 0.2) is 0 Å². The first-order valence-corrected chi connectivity index (χ1v) is 7.26. The fourth-order valence-electron chi connectivity index (χ4n) is 3.54. The second-order valence-electron chi connectivity index (χ2n) is 6.14. The van der Waals surface area contributed by atoms with E-state index in [1.165, 1.54) is 10.9 Å². The highest BCUT2D eigenvalue weighted by Crippen LogP contribution is 2.43. The first-order chi connectivity index (χ1) is 9.66. The monoisotopic (exact) mass is 269 g/mol. The van der Waals surface area contributed by atoms with Crippen molar-refractivity contribution >= 4 is 10.8 Å². The molecule has 2 aromatic rings. The molecule has 1 saturated heterocycles. The van der Waals surface area contributed by atoms with Crippen LogP contribution in [0.1, 0.15) is 12.0 Å². The summed E-state index contributed by atoms with van der Waals surface area (Å²) in [6, 6.07) is 12.5. The van der Waals surface area contributed by atoms with Gasteiger partial charge in [0.2, 0.25) is 5.79 Å². The van der Waals surface area contributed by atoms with Gasteiger partial charge in [-0.2, -0.15) is 0 Å². The van der Waals surface area contributed by atoms with Gasteiger partial charge in [0.05, 0.1) is 0 Å². The summed E-state index contributed by atoms with van der Waals surface area (Å²) < 4.78 is 6.11. The van der Waals surface area contributed by atoms with Crippen LogP contribution in [0.15, 0.2) is 36.4 Å². The van der Waals surface area contributed by atoms with E-state index >= 15 is 0 Å². The van der Waals surface area contributed by atoms with Crippen LogP contribution in [0.3, 0.4) is 0 Å². The van der Waals surface area contributed by atoms with Crippen LogP contribution in [-0.4, -0.2) is 35.9 Å². The molecule has 2 aliphatic heterocycles. The molecule has 0 bridgehead atoms. The van der Waals surface area contributed by atoms with Crippen LogP contribution in [0.2, 0.25) is 0 Å². The van der Waals surface area contributed by atoms with Crippen LogP contribution in [-0.2, 0) is 6.42 Å². The van der Waals surface area contributed by atoms with Crippen LogP contribution in [0.25, 0.3) is 10.8 Å². The Morgan fingerprint density at radius 3 is 3.00 bits per heavy atom. The number of piperidine rings is 1. The van der Waals surface area contributed by atoms with Crippen LogP contribution in [0.5, 0.6) is 5.75 Å². The third-order valence-electron chi connectivity index (χ3n) is 4.73. The number of aliphatic hydroxyl groups is 1. The molecule has 0 aliphatic carbocycles. The maximum Gasteiger partial charge on any atom is 0.213 e. The smallest absolute Gasteiger partial charge is 0.213 e. The average molecular weight is 269 g/mol. The molecule has 2 aromatic carbocycles. The summed E-state index contributed by atoms with van der Waals surface area (Å²) in [5.74, 6) is 0.0465. The number of hydrogen-bond donors (Lipinski definition) is 1. The topological polar surface area (TPSA) is 32.7 Å². The zero-order chi connectivity index (χ0) is 13.7. The predicted molar refractivity (Wildman–Crippen MR) is 78.8 cm³/mol. The first kappa shape index (κ1) is 12.2.